The van der Waals surface area contributed by atoms with Gasteiger partial charge in [0, 0.05) is 12.2 Å². The van der Waals surface area contributed by atoms with Crippen LogP contribution in [0.1, 0.15) is 40.8 Å². The van der Waals surface area contributed by atoms with E-state index >= 15 is 0 Å². The van der Waals surface area contributed by atoms with Crippen molar-refractivity contribution in [2.45, 2.75) is 37.7 Å². The minimum Gasteiger partial charge on any atom is -0.480 e. The highest BCUT2D eigenvalue weighted by molar-refractivity contribution is 7.92. The number of carbonyl (C=O) groups is 1. The average molecular weight is 622 g/mol. The normalized spacial score (nSPS) is 13.2. The van der Waals surface area contributed by atoms with Gasteiger partial charge in [-0.1, -0.05) is 97.1 Å². The lowest BCUT2D eigenvalue weighted by molar-refractivity contribution is -0.138. The fourth-order valence-electron chi connectivity index (χ4n) is 4.50. The molecule has 0 bridgehead atoms. The molecule has 0 saturated heterocycles. The molecule has 0 heterocycles. The van der Waals surface area contributed by atoms with Crippen LogP contribution in [-0.4, -0.2) is 39.7 Å². The molecule has 2 unspecified atom stereocenters. The number of anilines is 1. The van der Waals surface area contributed by atoms with E-state index in [1.54, 1.807) is 24.3 Å². The number of benzene rings is 4. The lowest BCUT2D eigenvalue weighted by Gasteiger charge is -2.21. The Bertz CT molecular complexity index is 1700. The van der Waals surface area contributed by atoms with E-state index in [0.29, 0.717) is 24.2 Å². The number of nitrogens with one attached hydrogen (secondary N) is 3. The van der Waals surface area contributed by atoms with Gasteiger partial charge in [-0.2, -0.15) is 0 Å². The largest absolute Gasteiger partial charge is 0.480 e. The first-order valence-electron chi connectivity index (χ1n) is 13.7. The molecule has 0 aliphatic rings. The van der Waals surface area contributed by atoms with E-state index in [9.17, 15) is 21.6 Å². The standard InChI is InChI=1S/C32H35N3O6S2/c1-24(32(36)37)34-43(40,41)23-27-14-12-26(13-15-27)22-33-31(28-10-6-3-7-11-28)29-16-18-30(19-17-29)35-42(38,39)21-20-25-8-4-2-5-9-25/h2-19,24,31,33-35H,20-23H2,1H3,(H,36,37). The average Bonchev–Trinajstić information content (AvgIpc) is 2.98. The van der Waals surface area contributed by atoms with Crippen LogP contribution in [-0.2, 0) is 43.6 Å². The van der Waals surface area contributed by atoms with Crippen LogP contribution in [0.25, 0.3) is 0 Å². The SMILES string of the molecule is CC(NS(=O)(=O)Cc1ccc(CNC(c2ccccc2)c2ccc(NS(=O)(=O)CCc3ccccc3)cc2)cc1)C(=O)O. The molecule has 0 aliphatic carbocycles. The minimum absolute atomic E-state index is 0.0182. The second-order valence-corrected chi connectivity index (χ2v) is 13.9. The quantitative estimate of drug-likeness (QED) is 0.154. The Labute approximate surface area is 253 Å². The van der Waals surface area contributed by atoms with Crippen molar-refractivity contribution in [1.29, 1.82) is 0 Å². The van der Waals surface area contributed by atoms with Gasteiger partial charge in [0.25, 0.3) is 0 Å². The molecule has 226 valence electrons. The Morgan fingerprint density at radius 1 is 0.698 bits per heavy atom. The third-order valence-electron chi connectivity index (χ3n) is 6.77. The van der Waals surface area contributed by atoms with E-state index in [1.807, 2.05) is 84.9 Å². The molecule has 0 saturated carbocycles. The van der Waals surface area contributed by atoms with E-state index in [0.717, 1.165) is 22.3 Å². The third-order valence-corrected chi connectivity index (χ3v) is 9.48. The second-order valence-electron chi connectivity index (χ2n) is 10.3. The molecule has 0 aliphatic heterocycles. The summed E-state index contributed by atoms with van der Waals surface area (Å²) >= 11 is 0. The molecule has 2 atom stereocenters. The molecule has 0 aromatic heterocycles. The van der Waals surface area contributed by atoms with E-state index in [-0.39, 0.29) is 17.5 Å². The molecular formula is C32H35N3O6S2. The highest BCUT2D eigenvalue weighted by Gasteiger charge is 2.20. The van der Waals surface area contributed by atoms with Crippen LogP contribution in [0, 0.1) is 0 Å². The Hall–Kier alpha value is -4.03. The number of carboxylic acids is 1. The van der Waals surface area contributed by atoms with Gasteiger partial charge >= 0.3 is 5.97 Å². The number of rotatable bonds is 15. The predicted molar refractivity (Wildman–Crippen MR) is 168 cm³/mol. The van der Waals surface area contributed by atoms with Crippen molar-refractivity contribution >= 4 is 31.7 Å². The molecule has 4 aromatic carbocycles. The van der Waals surface area contributed by atoms with Crippen molar-refractivity contribution in [3.05, 3.63) is 137 Å². The molecule has 0 amide bonds. The van der Waals surface area contributed by atoms with Crippen LogP contribution in [0.2, 0.25) is 0 Å². The first-order chi connectivity index (χ1) is 20.5. The van der Waals surface area contributed by atoms with Crippen molar-refractivity contribution in [2.75, 3.05) is 10.5 Å². The maximum atomic E-state index is 12.7. The molecule has 0 radical (unpaired) electrons. The highest BCUT2D eigenvalue weighted by Crippen LogP contribution is 2.25. The van der Waals surface area contributed by atoms with E-state index in [1.165, 1.54) is 6.92 Å². The molecule has 0 fully saturated rings. The summed E-state index contributed by atoms with van der Waals surface area (Å²) < 4.78 is 54.7. The maximum Gasteiger partial charge on any atom is 0.321 e. The molecule has 4 rings (SSSR count). The third kappa shape index (κ3) is 10.0. The van der Waals surface area contributed by atoms with Crippen LogP contribution in [0.3, 0.4) is 0 Å². The van der Waals surface area contributed by atoms with Gasteiger partial charge in [-0.15, -0.1) is 0 Å². The fourth-order valence-corrected chi connectivity index (χ4v) is 6.95. The first kappa shape index (κ1) is 31.9. The fraction of sp³-hybridized carbons (Fsp3) is 0.219. The smallest absolute Gasteiger partial charge is 0.321 e. The summed E-state index contributed by atoms with van der Waals surface area (Å²) in [5.74, 6) is -1.59. The summed E-state index contributed by atoms with van der Waals surface area (Å²) in [6.45, 7) is 1.76. The van der Waals surface area contributed by atoms with Gasteiger partial charge in [-0.25, -0.2) is 21.6 Å². The van der Waals surface area contributed by atoms with E-state index in [2.05, 4.69) is 14.8 Å². The van der Waals surface area contributed by atoms with Gasteiger partial charge in [0.15, 0.2) is 0 Å². The topological polar surface area (TPSA) is 142 Å². The first-order valence-corrected chi connectivity index (χ1v) is 17.0. The number of hydrogen-bond acceptors (Lipinski definition) is 6. The van der Waals surface area contributed by atoms with Gasteiger partial charge in [0.2, 0.25) is 20.0 Å². The van der Waals surface area contributed by atoms with Crippen molar-refractivity contribution in [3.8, 4) is 0 Å². The summed E-state index contributed by atoms with van der Waals surface area (Å²) in [7, 11) is -7.33. The zero-order valence-electron chi connectivity index (χ0n) is 23.7. The summed E-state index contributed by atoms with van der Waals surface area (Å²) in [6, 6.07) is 32.3. The number of hydrogen-bond donors (Lipinski definition) is 4. The Morgan fingerprint density at radius 2 is 1.26 bits per heavy atom. The van der Waals surface area contributed by atoms with Gasteiger partial charge in [0.1, 0.15) is 6.04 Å². The van der Waals surface area contributed by atoms with Crippen molar-refractivity contribution in [3.63, 3.8) is 0 Å². The van der Waals surface area contributed by atoms with Crippen molar-refractivity contribution in [2.24, 2.45) is 0 Å². The summed E-state index contributed by atoms with van der Waals surface area (Å²) in [5, 5.41) is 12.5. The number of carboxylic acid groups (broad SMARTS) is 1. The number of aryl methyl sites for hydroxylation is 1. The van der Waals surface area contributed by atoms with Crippen LogP contribution in [0.15, 0.2) is 109 Å². The predicted octanol–water partition coefficient (Wildman–Crippen LogP) is 4.44. The Kier molecular flexibility index (Phi) is 10.7. The zero-order valence-corrected chi connectivity index (χ0v) is 25.3. The van der Waals surface area contributed by atoms with Gasteiger partial charge < -0.3 is 10.4 Å². The highest BCUT2D eigenvalue weighted by atomic mass is 32.2. The number of aliphatic carboxylic acids is 1. The molecular weight excluding hydrogens is 587 g/mol. The summed E-state index contributed by atoms with van der Waals surface area (Å²) in [5.41, 5.74) is 4.88. The molecule has 0 spiro atoms. The van der Waals surface area contributed by atoms with Crippen molar-refractivity contribution < 1.29 is 26.7 Å². The lowest BCUT2D eigenvalue weighted by atomic mass is 9.98. The van der Waals surface area contributed by atoms with Crippen LogP contribution in [0.5, 0.6) is 0 Å². The van der Waals surface area contributed by atoms with Gasteiger partial charge in [-0.3, -0.25) is 9.52 Å². The van der Waals surface area contributed by atoms with Crippen LogP contribution in [0.4, 0.5) is 5.69 Å². The second kappa shape index (κ2) is 14.4. The summed E-state index contributed by atoms with van der Waals surface area (Å²) in [6.07, 6.45) is 0.422. The molecule has 11 heteroatoms. The maximum absolute atomic E-state index is 12.7. The van der Waals surface area contributed by atoms with Crippen LogP contribution < -0.4 is 14.8 Å². The lowest BCUT2D eigenvalue weighted by Crippen LogP contribution is -2.38. The molecule has 4 aromatic rings. The van der Waals surface area contributed by atoms with E-state index in [4.69, 9.17) is 5.11 Å². The summed E-state index contributed by atoms with van der Waals surface area (Å²) in [4.78, 5) is 11.0. The molecule has 43 heavy (non-hydrogen) atoms. The monoisotopic (exact) mass is 621 g/mol. The van der Waals surface area contributed by atoms with Gasteiger partial charge in [-0.05, 0) is 53.3 Å². The van der Waals surface area contributed by atoms with E-state index < -0.39 is 32.1 Å². The van der Waals surface area contributed by atoms with Gasteiger partial charge in [0.05, 0.1) is 17.5 Å². The number of sulfonamides is 2. The van der Waals surface area contributed by atoms with Crippen LogP contribution >= 0.6 is 0 Å². The minimum atomic E-state index is -3.81. The molecule has 9 nitrogen and oxygen atoms in total. The van der Waals surface area contributed by atoms with Crippen molar-refractivity contribution in [1.82, 2.24) is 10.0 Å². The zero-order chi connectivity index (χ0) is 30.9. The molecule has 4 N–H and O–H groups in total. The Morgan fingerprint density at radius 3 is 1.86 bits per heavy atom. The Balaban J connectivity index is 1.41.